The summed E-state index contributed by atoms with van der Waals surface area (Å²) in [5.41, 5.74) is 0.405. The molecular formula is C29H37I5O4-2. The summed E-state index contributed by atoms with van der Waals surface area (Å²) in [4.78, 5) is 41.0. The van der Waals surface area contributed by atoms with Gasteiger partial charge in [0.05, 0.1) is 0 Å². The van der Waals surface area contributed by atoms with Crippen LogP contribution in [0.3, 0.4) is 0 Å². The van der Waals surface area contributed by atoms with Gasteiger partial charge in [0.2, 0.25) is 0 Å². The van der Waals surface area contributed by atoms with Crippen LogP contribution in [0.2, 0.25) is 0 Å². The normalized spacial score (nSPS) is 50.4. The number of halogens is 5. The molecule has 0 heterocycles. The van der Waals surface area contributed by atoms with Gasteiger partial charge in [0.1, 0.15) is 0 Å². The first kappa shape index (κ1) is 31.4. The predicted molar refractivity (Wildman–Crippen MR) is 168 cm³/mol. The molecule has 3 saturated carbocycles. The third-order valence-corrected chi connectivity index (χ3v) is 27.4. The van der Waals surface area contributed by atoms with Crippen LogP contribution >= 0.6 is 67.8 Å². The zero-order valence-electron chi connectivity index (χ0n) is 22.6. The molecule has 4 nitrogen and oxygen atoms in total. The average molecular weight is 1080 g/mol. The SMILES string of the molecule is CC[I-]C(=O)[I-]C12CCCC(C)C1(I)C1(I)C(=O)C=C3C4(C)C=C(O)C(=O)C(C)(I)C4CCC3(C)C1CC2. The Morgan fingerprint density at radius 2 is 1.71 bits per heavy atom. The molecule has 0 spiro atoms. The molecule has 0 aromatic carbocycles. The van der Waals surface area contributed by atoms with E-state index in [1.54, 1.807) is 6.08 Å². The van der Waals surface area contributed by atoms with E-state index in [1.165, 1.54) is 6.42 Å². The Morgan fingerprint density at radius 1 is 1.05 bits per heavy atom. The van der Waals surface area contributed by atoms with Gasteiger partial charge in [-0.15, -0.1) is 0 Å². The maximum atomic E-state index is 14.7. The third kappa shape index (κ3) is 3.99. The summed E-state index contributed by atoms with van der Waals surface area (Å²) in [5, 5.41) is 10.8. The number of hydrogen-bond donors (Lipinski definition) is 1. The number of fused-ring (bicyclic) bond motifs is 7. The first-order valence-electron chi connectivity index (χ1n) is 13.7. The summed E-state index contributed by atoms with van der Waals surface area (Å²) in [6, 6.07) is 0. The van der Waals surface area contributed by atoms with Crippen LogP contribution in [-0.2, 0) is 9.59 Å². The van der Waals surface area contributed by atoms with Crippen molar-refractivity contribution in [2.75, 3.05) is 4.43 Å². The van der Waals surface area contributed by atoms with Crippen LogP contribution in [-0.4, -0.2) is 36.6 Å². The average Bonchev–Trinajstić information content (AvgIpc) is 2.82. The van der Waals surface area contributed by atoms with Crippen LogP contribution in [0.5, 0.6) is 0 Å². The number of ketones is 2. The molecule has 9 unspecified atom stereocenters. The first-order chi connectivity index (χ1) is 17.6. The zero-order valence-corrected chi connectivity index (χ0v) is 33.4. The van der Waals surface area contributed by atoms with Gasteiger partial charge < -0.3 is 0 Å². The molecule has 0 amide bonds. The van der Waals surface area contributed by atoms with E-state index < -0.39 is 54.7 Å². The summed E-state index contributed by atoms with van der Waals surface area (Å²) in [5.74, 6) is 0.474. The number of Topliss-reactive ketones (excluding diaryl/α,β-unsaturated/α-hetero) is 1. The van der Waals surface area contributed by atoms with Gasteiger partial charge in [-0.1, -0.05) is 0 Å². The van der Waals surface area contributed by atoms with E-state index in [-0.39, 0.29) is 41.4 Å². The van der Waals surface area contributed by atoms with Crippen molar-refractivity contribution in [1.29, 1.82) is 0 Å². The van der Waals surface area contributed by atoms with Crippen molar-refractivity contribution >= 4 is 81.1 Å². The number of rotatable bonds is 4. The van der Waals surface area contributed by atoms with Crippen LogP contribution in [0.4, 0.5) is 4.79 Å². The standard InChI is InChI=1S/C29H37I5O4/c1-6-33-23(38)34-27-11-7-8-16(2)29(27,32)28(31)19(10-13-27)24(3)12-9-18-25(4,20(24)14-21(28)36)15-17(35)22(37)26(18,5)30/h14-16,18-19,35H,6-13H2,1-5H3/q-2. The summed E-state index contributed by atoms with van der Waals surface area (Å²) in [6.45, 7) is 11.0. The second-order valence-electron chi connectivity index (χ2n) is 12.6. The van der Waals surface area contributed by atoms with Crippen molar-refractivity contribution < 1.29 is 61.9 Å². The molecule has 5 aliphatic carbocycles. The predicted octanol–water partition coefficient (Wildman–Crippen LogP) is 1.77. The van der Waals surface area contributed by atoms with E-state index in [4.69, 9.17) is 0 Å². The van der Waals surface area contributed by atoms with E-state index in [0.29, 0.717) is 7.71 Å². The Bertz CT molecular complexity index is 1160. The number of carbonyl (C=O) groups excluding carboxylic acids is 3. The summed E-state index contributed by atoms with van der Waals surface area (Å²) < 4.78 is 0.0784. The number of hydrogen-bond acceptors (Lipinski definition) is 4. The quantitative estimate of drug-likeness (QED) is 0.265. The zero-order chi connectivity index (χ0) is 28.1. The Hall–Kier alpha value is 1.94. The summed E-state index contributed by atoms with van der Waals surface area (Å²) in [7, 11) is 0. The van der Waals surface area contributed by atoms with Crippen molar-refractivity contribution in [3.63, 3.8) is 0 Å². The van der Waals surface area contributed by atoms with Gasteiger partial charge in [0, 0.05) is 0 Å². The van der Waals surface area contributed by atoms with E-state index in [0.717, 1.165) is 48.5 Å². The van der Waals surface area contributed by atoms with Gasteiger partial charge in [-0.2, -0.15) is 0 Å². The van der Waals surface area contributed by atoms with Crippen LogP contribution in [0.15, 0.2) is 23.5 Å². The minimum atomic E-state index is -0.702. The maximum absolute atomic E-state index is 14.7. The van der Waals surface area contributed by atoms with Crippen LogP contribution in [0.1, 0.15) is 79.6 Å². The molecule has 0 radical (unpaired) electrons. The number of allylic oxidation sites excluding steroid dienone is 4. The van der Waals surface area contributed by atoms with Gasteiger partial charge in [0.15, 0.2) is 0 Å². The van der Waals surface area contributed by atoms with Gasteiger partial charge in [-0.3, -0.25) is 0 Å². The van der Waals surface area contributed by atoms with Crippen molar-refractivity contribution in [3.8, 4) is 0 Å². The first-order valence-corrected chi connectivity index (χ1v) is 21.7. The van der Waals surface area contributed by atoms with E-state index in [9.17, 15) is 19.5 Å². The number of aliphatic hydroxyl groups excluding tert-OH is 1. The molecule has 214 valence electrons. The summed E-state index contributed by atoms with van der Waals surface area (Å²) in [6.07, 6.45) is 11.0. The van der Waals surface area contributed by atoms with Crippen molar-refractivity contribution in [2.45, 2.75) is 93.3 Å². The monoisotopic (exact) mass is 1080 g/mol. The molecule has 5 aliphatic rings. The Morgan fingerprint density at radius 3 is 2.37 bits per heavy atom. The molecule has 0 aromatic rings. The van der Waals surface area contributed by atoms with Gasteiger partial charge in [-0.05, 0) is 0 Å². The molecule has 1 N–H and O–H groups in total. The fourth-order valence-electron chi connectivity index (χ4n) is 9.24. The number of carbonyl (C=O) groups is 3. The second kappa shape index (κ2) is 10.3. The van der Waals surface area contributed by atoms with Crippen molar-refractivity contribution in [3.05, 3.63) is 23.5 Å². The summed E-state index contributed by atoms with van der Waals surface area (Å²) >= 11 is 6.53. The molecular weight excluding hydrogens is 1050 g/mol. The van der Waals surface area contributed by atoms with E-state index >= 15 is 0 Å². The van der Waals surface area contributed by atoms with Crippen LogP contribution < -0.4 is 42.4 Å². The molecule has 0 saturated heterocycles. The molecule has 38 heavy (non-hydrogen) atoms. The Balaban J connectivity index is 1.69. The van der Waals surface area contributed by atoms with Crippen molar-refractivity contribution in [1.82, 2.24) is 0 Å². The van der Waals surface area contributed by atoms with Crippen LogP contribution in [0, 0.1) is 28.6 Å². The molecule has 0 aromatic heterocycles. The second-order valence-corrected chi connectivity index (χ2v) is 27.2. The third-order valence-electron chi connectivity index (χ3n) is 10.9. The van der Waals surface area contributed by atoms with Crippen LogP contribution in [0.25, 0.3) is 0 Å². The van der Waals surface area contributed by atoms with Gasteiger partial charge >= 0.3 is 293 Å². The minimum absolute atomic E-state index is 0.0115. The molecule has 9 atom stereocenters. The molecule has 9 heteroatoms. The molecule has 3 fully saturated rings. The molecule has 0 bridgehead atoms. The van der Waals surface area contributed by atoms with Gasteiger partial charge in [-0.25, -0.2) is 0 Å². The van der Waals surface area contributed by atoms with E-state index in [2.05, 4.69) is 95.5 Å². The topological polar surface area (TPSA) is 71.4 Å². The number of aliphatic hydroxyl groups is 1. The Labute approximate surface area is 288 Å². The van der Waals surface area contributed by atoms with Gasteiger partial charge in [0.25, 0.3) is 0 Å². The fourth-order valence-corrected chi connectivity index (χ4v) is 25.0. The number of alkyl halides is 5. The molecule has 5 rings (SSSR count). The fraction of sp³-hybridized carbons (Fsp3) is 0.759. The van der Waals surface area contributed by atoms with E-state index in [1.807, 2.05) is 13.0 Å². The molecule has 0 aliphatic heterocycles. The Kier molecular flexibility index (Phi) is 8.46. The van der Waals surface area contributed by atoms with Crippen molar-refractivity contribution in [2.24, 2.45) is 28.6 Å².